The van der Waals surface area contributed by atoms with Crippen LogP contribution in [0.5, 0.6) is 0 Å². The summed E-state index contributed by atoms with van der Waals surface area (Å²) in [6.45, 7) is 8.62. The number of fused-ring (bicyclic) bond motifs is 1. The second-order valence-electron chi connectivity index (χ2n) is 18.3. The Labute approximate surface area is 503 Å². The van der Waals surface area contributed by atoms with Crippen LogP contribution < -0.4 is 35.0 Å². The molecule has 15 nitrogen and oxygen atoms in total. The van der Waals surface area contributed by atoms with Gasteiger partial charge in [0.1, 0.15) is 12.6 Å². The molecule has 0 fully saturated rings. The third-order valence-electron chi connectivity index (χ3n) is 10.6. The molecule has 1 aliphatic rings. The van der Waals surface area contributed by atoms with Gasteiger partial charge in [0.2, 0.25) is 0 Å². The van der Waals surface area contributed by atoms with Crippen molar-refractivity contribution in [1.82, 2.24) is 25.3 Å². The summed E-state index contributed by atoms with van der Waals surface area (Å²) in [7, 11) is 17.5. The van der Waals surface area contributed by atoms with Crippen molar-refractivity contribution in [2.45, 2.75) is 71.6 Å². The zero-order chi connectivity index (χ0) is 54.6. The molecule has 5 aromatic carbocycles. The molecular weight excluding hydrogens is 1100 g/mol. The Hall–Kier alpha value is -4.05. The average molecular weight is 1180 g/mol. The fraction of sp³-hybridized carbons (Fsp3) is 0.393. The minimum Gasteiger partial charge on any atom is -1.00 e. The van der Waals surface area contributed by atoms with Crippen molar-refractivity contribution < 1.29 is 68.5 Å². The zero-order valence-electron chi connectivity index (χ0n) is 47.8. The van der Waals surface area contributed by atoms with Crippen LogP contribution >= 0.6 is 40.7 Å². The van der Waals surface area contributed by atoms with E-state index in [1.54, 1.807) is 37.3 Å². The molecule has 1 heterocycles. The van der Waals surface area contributed by atoms with Gasteiger partial charge in [-0.1, -0.05) is 109 Å². The van der Waals surface area contributed by atoms with Crippen LogP contribution in [0.15, 0.2) is 109 Å². The minimum atomic E-state index is -1.04. The molecule has 4 N–H and O–H groups in total. The van der Waals surface area contributed by atoms with Crippen molar-refractivity contribution in [3.05, 3.63) is 170 Å². The number of nitrogens with zero attached hydrogens (tertiary/aromatic N) is 3. The Kier molecular flexibility index (Phi) is 42.0. The predicted octanol–water partition coefficient (Wildman–Crippen LogP) is 3.53. The number of alkyl halides is 1. The molecule has 0 bridgehead atoms. The topological polar surface area (TPSA) is 179 Å². The molecule has 1 atom stereocenters. The van der Waals surface area contributed by atoms with Gasteiger partial charge in [0, 0.05) is 30.5 Å². The first-order valence-corrected chi connectivity index (χ1v) is 24.9. The summed E-state index contributed by atoms with van der Waals surface area (Å²) >= 11 is 3.31. The van der Waals surface area contributed by atoms with Crippen LogP contribution in [-0.2, 0) is 68.4 Å². The number of ether oxygens (including phenoxy) is 3. The van der Waals surface area contributed by atoms with Crippen LogP contribution in [0.2, 0.25) is 0 Å². The van der Waals surface area contributed by atoms with Crippen molar-refractivity contribution in [3.63, 3.8) is 0 Å². The second-order valence-corrected chi connectivity index (χ2v) is 18.9. The summed E-state index contributed by atoms with van der Waals surface area (Å²) in [4.78, 5) is 54.3. The SMILES string of the molecule is CN(C)Cc1cccc(CO)c1.CNC.COC(=O)c1cccc(CBr)c1.COC(=O)c1cccc(CN(C)C)c1.Cc1c(C(=O)N[C@H](C(=O)OCc2cccc(CN(C)C)c2)C(C)C)ccc2c1B(O)OC2.Cl.Cl.[AlH3].[H-].[Li+]. The van der Waals surface area contributed by atoms with Crippen LogP contribution in [0.25, 0.3) is 0 Å². The Bertz CT molecular complexity index is 2520. The van der Waals surface area contributed by atoms with E-state index < -0.39 is 19.1 Å². The zero-order valence-corrected chi connectivity index (χ0v) is 50.0. The largest absolute Gasteiger partial charge is 1.00 e. The van der Waals surface area contributed by atoms with Crippen molar-refractivity contribution in [2.75, 3.05) is 70.6 Å². The van der Waals surface area contributed by atoms with E-state index in [4.69, 9.17) is 14.5 Å². The van der Waals surface area contributed by atoms with Gasteiger partial charge in [-0.15, -0.1) is 24.8 Å². The summed E-state index contributed by atoms with van der Waals surface area (Å²) in [5.41, 5.74) is 10.2. The number of halogens is 3. The van der Waals surface area contributed by atoms with Crippen molar-refractivity contribution in [2.24, 2.45) is 5.92 Å². The van der Waals surface area contributed by atoms with E-state index >= 15 is 0 Å². The van der Waals surface area contributed by atoms with E-state index in [-0.39, 0.29) is 99.4 Å². The van der Waals surface area contributed by atoms with Crippen LogP contribution in [0.1, 0.15) is 90.9 Å². The third-order valence-corrected chi connectivity index (χ3v) is 11.2. The number of hydrogen-bond acceptors (Lipinski definition) is 14. The average Bonchev–Trinajstić information content (AvgIpc) is 3.75. The maximum Gasteiger partial charge on any atom is 1.00 e. The van der Waals surface area contributed by atoms with Gasteiger partial charge >= 0.3 is 43.9 Å². The number of methoxy groups -OCH3 is 2. The standard InChI is InChI=1S/C24H31BN2O5.C11H15NO2.C10H15NO.C9H9BrO2.C2H7N.Al.2ClH.Li.4H/c1-15(2)22(24(29)31-13-18-8-6-7-17(11-18)12-27(4)5)26-23(28)20-10-9-19-14-32-25(30)21(19)16(20)3;1-12(2)8-9-5-4-6-10(7-9)11(13)14-3;1-11(2)7-9-4-3-5-10(6-9)8-12;1-12-9(11)8-4-2-3-7(5-8)6-10;1-3-2;;;;;;;;/h6-11,15,22,30H,12-14H2,1-5H3,(H,26,28);4-7H,8H2,1-3H3;3-6,12H,7-8H2,1-2H3;2-5H,6H2,1H3;3H,1-2H3;;2*1H;;;;;/q;;;;;;;;+1;;;;-1/t22-;;;;;;;;;;;;/m0............/s1. The summed E-state index contributed by atoms with van der Waals surface area (Å²) < 4.78 is 20.0. The van der Waals surface area contributed by atoms with Gasteiger partial charge < -0.3 is 55.8 Å². The number of hydrogen-bond donors (Lipinski definition) is 4. The predicted molar refractivity (Wildman–Crippen MR) is 319 cm³/mol. The first-order valence-electron chi connectivity index (χ1n) is 23.8. The molecule has 21 heteroatoms. The molecule has 0 unspecified atom stereocenters. The van der Waals surface area contributed by atoms with Gasteiger partial charge in [-0.05, 0) is 150 Å². The van der Waals surface area contributed by atoms with E-state index in [0.29, 0.717) is 34.3 Å². The minimum absolute atomic E-state index is 0. The first kappa shape index (κ1) is 77.2. The van der Waals surface area contributed by atoms with E-state index in [1.165, 1.54) is 19.8 Å². The monoisotopic (exact) mass is 1180 g/mol. The molecule has 0 aliphatic carbocycles. The van der Waals surface area contributed by atoms with Crippen LogP contribution in [0, 0.1) is 12.8 Å². The number of aliphatic hydroxyl groups is 1. The van der Waals surface area contributed by atoms with Crippen LogP contribution in [-0.4, -0.2) is 150 Å². The van der Waals surface area contributed by atoms with E-state index in [1.807, 2.05) is 143 Å². The molecule has 5 aromatic rings. The summed E-state index contributed by atoms with van der Waals surface area (Å²) in [5.74, 6) is -1.60. The van der Waals surface area contributed by atoms with Crippen LogP contribution in [0.4, 0.5) is 0 Å². The molecule has 1 aliphatic heterocycles. The van der Waals surface area contributed by atoms with Gasteiger partial charge in [-0.2, -0.15) is 0 Å². The smallest absolute Gasteiger partial charge is 1.00 e. The molecule has 420 valence electrons. The summed E-state index contributed by atoms with van der Waals surface area (Å²) in [5, 5.41) is 25.2. The molecule has 0 aromatic heterocycles. The van der Waals surface area contributed by atoms with E-state index in [2.05, 4.69) is 56.8 Å². The van der Waals surface area contributed by atoms with Crippen molar-refractivity contribution in [3.8, 4) is 0 Å². The van der Waals surface area contributed by atoms with E-state index in [0.717, 1.165) is 58.3 Å². The fourth-order valence-electron chi connectivity index (χ4n) is 7.27. The number of aliphatic hydroxyl groups excluding tert-OH is 1. The second kappa shape index (κ2) is 41.9. The Balaban J connectivity index is -0.000000499. The molecule has 0 saturated heterocycles. The number of carbonyl (C=O) groups is 4. The molecule has 6 rings (SSSR count). The fourth-order valence-corrected chi connectivity index (χ4v) is 7.62. The van der Waals surface area contributed by atoms with Crippen LogP contribution in [0.3, 0.4) is 0 Å². The van der Waals surface area contributed by atoms with Gasteiger partial charge in [-0.25, -0.2) is 14.4 Å². The molecule has 1 amide bonds. The maximum absolute atomic E-state index is 13.0. The molecule has 77 heavy (non-hydrogen) atoms. The van der Waals surface area contributed by atoms with Gasteiger partial charge in [-0.3, -0.25) is 4.79 Å². The Morgan fingerprint density at radius 2 is 1.12 bits per heavy atom. The quantitative estimate of drug-likeness (QED) is 0.0488. The van der Waals surface area contributed by atoms with E-state index in [9.17, 15) is 24.2 Å². The number of esters is 3. The number of amides is 1. The Morgan fingerprint density at radius 1 is 0.701 bits per heavy atom. The van der Waals surface area contributed by atoms with Gasteiger partial charge in [0.25, 0.3) is 5.91 Å². The number of nitrogens with one attached hydrogen (secondary N) is 2. The number of rotatable bonds is 16. The summed E-state index contributed by atoms with van der Waals surface area (Å²) in [6.07, 6.45) is 0. The number of carbonyl (C=O) groups excluding carboxylic acids is 4. The third kappa shape index (κ3) is 28.6. The van der Waals surface area contributed by atoms with Crippen molar-refractivity contribution >= 4 is 94.5 Å². The molecule has 0 saturated carbocycles. The molecule has 0 radical (unpaired) electrons. The maximum atomic E-state index is 13.0. The van der Waals surface area contributed by atoms with Crippen molar-refractivity contribution in [1.29, 1.82) is 0 Å². The summed E-state index contributed by atoms with van der Waals surface area (Å²) in [6, 6.07) is 33.4. The normalized spacial score (nSPS) is 11.0. The Morgan fingerprint density at radius 3 is 1.56 bits per heavy atom. The first-order chi connectivity index (χ1) is 34.7. The molecule has 0 spiro atoms. The number of benzene rings is 5. The van der Waals surface area contributed by atoms with Gasteiger partial charge in [0.05, 0.1) is 38.6 Å². The molecular formula is C56H83AlBBrCl2LiN5O10. The van der Waals surface area contributed by atoms with Gasteiger partial charge in [0.15, 0.2) is 17.4 Å².